The third-order valence-electron chi connectivity index (χ3n) is 4.61. The molecule has 0 N–H and O–H groups in total. The Bertz CT molecular complexity index is 801. The van der Waals surface area contributed by atoms with Crippen molar-refractivity contribution < 1.29 is 23.8 Å². The van der Waals surface area contributed by atoms with Crippen LogP contribution in [0, 0.1) is 0 Å². The van der Waals surface area contributed by atoms with Gasteiger partial charge >= 0.3 is 5.97 Å². The number of nitrogens with zero attached hydrogens (tertiary/aromatic N) is 3. The van der Waals surface area contributed by atoms with Gasteiger partial charge in [-0.3, -0.25) is 9.59 Å². The number of rotatable bonds is 6. The molecule has 0 spiro atoms. The highest BCUT2D eigenvalue weighted by atomic mass is 16.7. The summed E-state index contributed by atoms with van der Waals surface area (Å²) in [5, 5.41) is 4.37. The molecule has 8 heteroatoms. The predicted octanol–water partition coefficient (Wildman–Crippen LogP) is 1.28. The molecule has 0 bridgehead atoms. The number of amides is 1. The lowest BCUT2D eigenvalue weighted by Crippen LogP contribution is -2.43. The minimum atomic E-state index is -0.744. The summed E-state index contributed by atoms with van der Waals surface area (Å²) in [6.07, 6.45) is 1.15. The molecule has 2 saturated heterocycles. The van der Waals surface area contributed by atoms with E-state index in [9.17, 15) is 9.59 Å². The summed E-state index contributed by atoms with van der Waals surface area (Å²) >= 11 is 0. The number of carbonyl (C=O) groups is 2. The summed E-state index contributed by atoms with van der Waals surface area (Å²) in [7, 11) is 0. The van der Waals surface area contributed by atoms with Gasteiger partial charge < -0.3 is 19.1 Å². The van der Waals surface area contributed by atoms with Gasteiger partial charge in [-0.05, 0) is 18.2 Å². The molecular weight excluding hydrogens is 350 g/mol. The van der Waals surface area contributed by atoms with Crippen molar-refractivity contribution in [2.75, 3.05) is 19.8 Å². The molecular formula is C19H21N3O5. The first-order valence-electron chi connectivity index (χ1n) is 9.00. The maximum absolute atomic E-state index is 13.0. The second kappa shape index (κ2) is 7.89. The van der Waals surface area contributed by atoms with Crippen molar-refractivity contribution in [1.29, 1.82) is 0 Å². The molecule has 0 saturated carbocycles. The average Bonchev–Trinajstić information content (AvgIpc) is 3.43. The second-order valence-electron chi connectivity index (χ2n) is 6.48. The summed E-state index contributed by atoms with van der Waals surface area (Å²) in [4.78, 5) is 26.0. The molecule has 4 rings (SSSR count). The molecule has 2 aliphatic rings. The van der Waals surface area contributed by atoms with E-state index in [2.05, 4.69) is 5.10 Å². The fourth-order valence-electron chi connectivity index (χ4n) is 3.28. The van der Waals surface area contributed by atoms with E-state index in [4.69, 9.17) is 14.2 Å². The molecule has 0 aliphatic carbocycles. The summed E-state index contributed by atoms with van der Waals surface area (Å²) in [6.45, 7) is 1.60. The first-order chi connectivity index (χ1) is 13.2. The van der Waals surface area contributed by atoms with Crippen LogP contribution in [0.4, 0.5) is 0 Å². The third-order valence-corrected chi connectivity index (χ3v) is 4.61. The minimum Gasteiger partial charge on any atom is -0.452 e. The molecule has 0 unspecified atom stereocenters. The number of cyclic esters (lactones) is 1. The number of benzene rings is 1. The van der Waals surface area contributed by atoms with Crippen molar-refractivity contribution >= 4 is 11.9 Å². The predicted molar refractivity (Wildman–Crippen MR) is 93.8 cm³/mol. The highest BCUT2D eigenvalue weighted by molar-refractivity contribution is 5.86. The number of carbonyl (C=O) groups excluding carboxylic acids is 2. The maximum atomic E-state index is 13.0. The van der Waals surface area contributed by atoms with Crippen molar-refractivity contribution in [2.24, 2.45) is 0 Å². The monoisotopic (exact) mass is 371 g/mol. The Kier molecular flexibility index (Phi) is 5.17. The Hall–Kier alpha value is -2.71. The molecule has 8 nitrogen and oxygen atoms in total. The molecule has 1 amide bonds. The maximum Gasteiger partial charge on any atom is 0.306 e. The van der Waals surface area contributed by atoms with E-state index in [1.54, 1.807) is 15.8 Å². The van der Waals surface area contributed by atoms with Crippen LogP contribution in [-0.2, 0) is 30.3 Å². The highest BCUT2D eigenvalue weighted by Crippen LogP contribution is 2.20. The van der Waals surface area contributed by atoms with Crippen molar-refractivity contribution in [2.45, 2.75) is 31.8 Å². The molecule has 2 fully saturated rings. The standard InChI is InChI=1S/C19H21N3O5/c23-17-7-6-16(27-17)19(24)21(13-18-25-10-11-26-18)12-15-8-9-20-22(15)14-4-2-1-3-5-14/h1-5,8-9,16,18H,6-7,10-13H2/t16-/m1/s1. The minimum absolute atomic E-state index is 0.235. The Morgan fingerprint density at radius 3 is 2.67 bits per heavy atom. The quantitative estimate of drug-likeness (QED) is 0.712. The van der Waals surface area contributed by atoms with Crippen LogP contribution in [0.15, 0.2) is 42.6 Å². The number of aromatic nitrogens is 2. The van der Waals surface area contributed by atoms with Crippen LogP contribution in [0.3, 0.4) is 0 Å². The van der Waals surface area contributed by atoms with Crippen LogP contribution >= 0.6 is 0 Å². The van der Waals surface area contributed by atoms with Gasteiger partial charge in [0.25, 0.3) is 5.91 Å². The van der Waals surface area contributed by atoms with Gasteiger partial charge in [0.05, 0.1) is 37.7 Å². The first-order valence-corrected chi connectivity index (χ1v) is 9.00. The van der Waals surface area contributed by atoms with Crippen LogP contribution in [0.1, 0.15) is 18.5 Å². The van der Waals surface area contributed by atoms with E-state index >= 15 is 0 Å². The Morgan fingerprint density at radius 1 is 1.19 bits per heavy atom. The van der Waals surface area contributed by atoms with Crippen LogP contribution < -0.4 is 0 Å². The lowest BCUT2D eigenvalue weighted by Gasteiger charge is -2.27. The Morgan fingerprint density at radius 2 is 1.96 bits per heavy atom. The zero-order valence-electron chi connectivity index (χ0n) is 14.8. The van der Waals surface area contributed by atoms with E-state index in [1.807, 2.05) is 36.4 Å². The van der Waals surface area contributed by atoms with Gasteiger partial charge in [-0.1, -0.05) is 18.2 Å². The average molecular weight is 371 g/mol. The Labute approximate surface area is 156 Å². The molecule has 0 radical (unpaired) electrons. The molecule has 1 atom stereocenters. The second-order valence-corrected chi connectivity index (χ2v) is 6.48. The smallest absolute Gasteiger partial charge is 0.306 e. The lowest BCUT2D eigenvalue weighted by molar-refractivity contribution is -0.156. The number of para-hydroxylation sites is 1. The fraction of sp³-hybridized carbons (Fsp3) is 0.421. The summed E-state index contributed by atoms with van der Waals surface area (Å²) in [5.41, 5.74) is 1.75. The molecule has 142 valence electrons. The largest absolute Gasteiger partial charge is 0.452 e. The van der Waals surface area contributed by atoms with Gasteiger partial charge in [-0.15, -0.1) is 0 Å². The van der Waals surface area contributed by atoms with Crippen LogP contribution in [-0.4, -0.2) is 58.7 Å². The van der Waals surface area contributed by atoms with Gasteiger partial charge in [0.1, 0.15) is 0 Å². The molecule has 2 aromatic rings. The number of esters is 1. The molecule has 1 aromatic heterocycles. The van der Waals surface area contributed by atoms with E-state index in [0.717, 1.165) is 11.4 Å². The van der Waals surface area contributed by atoms with Crippen molar-refractivity contribution in [1.82, 2.24) is 14.7 Å². The molecule has 1 aromatic carbocycles. The van der Waals surface area contributed by atoms with Gasteiger partial charge in [-0.2, -0.15) is 5.10 Å². The zero-order chi connectivity index (χ0) is 18.6. The topological polar surface area (TPSA) is 82.9 Å². The van der Waals surface area contributed by atoms with E-state index in [-0.39, 0.29) is 24.8 Å². The summed E-state index contributed by atoms with van der Waals surface area (Å²) < 4.78 is 18.0. The normalized spacial score (nSPS) is 20.0. The van der Waals surface area contributed by atoms with E-state index in [0.29, 0.717) is 26.2 Å². The van der Waals surface area contributed by atoms with Crippen molar-refractivity contribution in [3.05, 3.63) is 48.3 Å². The summed E-state index contributed by atoms with van der Waals surface area (Å²) in [5.74, 6) is -0.572. The number of ether oxygens (including phenoxy) is 3. The highest BCUT2D eigenvalue weighted by Gasteiger charge is 2.35. The van der Waals surface area contributed by atoms with E-state index < -0.39 is 12.4 Å². The molecule has 2 aliphatic heterocycles. The lowest BCUT2D eigenvalue weighted by atomic mass is 10.2. The first kappa shape index (κ1) is 17.7. The summed E-state index contributed by atoms with van der Waals surface area (Å²) in [6, 6.07) is 11.6. The van der Waals surface area contributed by atoms with Gasteiger partial charge in [0, 0.05) is 19.0 Å². The van der Waals surface area contributed by atoms with Crippen molar-refractivity contribution in [3.8, 4) is 5.69 Å². The molecule has 27 heavy (non-hydrogen) atoms. The third kappa shape index (κ3) is 4.01. The number of hydrogen-bond acceptors (Lipinski definition) is 6. The number of hydrogen-bond donors (Lipinski definition) is 0. The van der Waals surface area contributed by atoms with Crippen LogP contribution in [0.2, 0.25) is 0 Å². The van der Waals surface area contributed by atoms with E-state index in [1.165, 1.54) is 0 Å². The van der Waals surface area contributed by atoms with Gasteiger partial charge in [0.2, 0.25) is 0 Å². The van der Waals surface area contributed by atoms with Gasteiger partial charge in [0.15, 0.2) is 12.4 Å². The Balaban J connectivity index is 1.55. The SMILES string of the molecule is O=C1CC[C@H](C(=O)N(Cc2ccnn2-c2ccccc2)CC2OCCO2)O1. The van der Waals surface area contributed by atoms with Crippen LogP contribution in [0.5, 0.6) is 0 Å². The zero-order valence-corrected chi connectivity index (χ0v) is 14.8. The van der Waals surface area contributed by atoms with Crippen molar-refractivity contribution in [3.63, 3.8) is 0 Å². The fourth-order valence-corrected chi connectivity index (χ4v) is 3.28. The molecule has 3 heterocycles. The van der Waals surface area contributed by atoms with Gasteiger partial charge in [-0.25, -0.2) is 4.68 Å². The van der Waals surface area contributed by atoms with Crippen LogP contribution in [0.25, 0.3) is 5.69 Å².